The predicted octanol–water partition coefficient (Wildman–Crippen LogP) is 3.06. The molecule has 0 aliphatic carbocycles. The van der Waals surface area contributed by atoms with Crippen LogP contribution in [0.4, 0.5) is 5.69 Å². The lowest BCUT2D eigenvalue weighted by atomic mass is 10.1. The second kappa shape index (κ2) is 9.36. The van der Waals surface area contributed by atoms with Crippen molar-refractivity contribution < 1.29 is 23.8 Å². The fourth-order valence-electron chi connectivity index (χ4n) is 2.82. The molecule has 0 bridgehead atoms. The van der Waals surface area contributed by atoms with E-state index >= 15 is 0 Å². The quantitative estimate of drug-likeness (QED) is 0.440. The van der Waals surface area contributed by atoms with Gasteiger partial charge in [-0.1, -0.05) is 23.9 Å². The molecule has 1 heterocycles. The van der Waals surface area contributed by atoms with Crippen LogP contribution in [0.15, 0.2) is 52.3 Å². The highest BCUT2D eigenvalue weighted by Gasteiger charge is 2.21. The van der Waals surface area contributed by atoms with Gasteiger partial charge >= 0.3 is 5.97 Å². The van der Waals surface area contributed by atoms with Gasteiger partial charge in [0.1, 0.15) is 17.1 Å². The highest BCUT2D eigenvalue weighted by atomic mass is 32.2. The topological polar surface area (TPSA) is 107 Å². The van der Waals surface area contributed by atoms with Crippen LogP contribution < -0.4 is 20.2 Å². The number of pyridine rings is 1. The van der Waals surface area contributed by atoms with Crippen LogP contribution >= 0.6 is 11.8 Å². The molecule has 0 fully saturated rings. The Morgan fingerprint density at radius 3 is 2.33 bits per heavy atom. The lowest BCUT2D eigenvalue weighted by Gasteiger charge is -2.11. The van der Waals surface area contributed by atoms with E-state index in [4.69, 9.17) is 14.2 Å². The van der Waals surface area contributed by atoms with E-state index in [9.17, 15) is 14.4 Å². The van der Waals surface area contributed by atoms with Crippen LogP contribution in [-0.2, 0) is 9.53 Å². The number of benzene rings is 2. The highest BCUT2D eigenvalue weighted by molar-refractivity contribution is 8.00. The standard InChI is InChI=1S/C21H20N2O6S/c1-27-13-8-12(9-14(10-13)28-2)22-17(24)11-30-20-18(21(26)29-3)19(25)15-6-4-5-7-16(15)23-20/h4-10H,11H2,1-3H3,(H,22,24)(H,23,25). The fraction of sp³-hybridized carbons (Fsp3) is 0.190. The van der Waals surface area contributed by atoms with Gasteiger partial charge in [0.25, 0.3) is 0 Å². The summed E-state index contributed by atoms with van der Waals surface area (Å²) in [6.45, 7) is 0. The summed E-state index contributed by atoms with van der Waals surface area (Å²) in [5.74, 6) is -0.0755. The smallest absolute Gasteiger partial charge is 0.344 e. The molecule has 30 heavy (non-hydrogen) atoms. The molecule has 0 aliphatic rings. The van der Waals surface area contributed by atoms with Gasteiger partial charge in [0, 0.05) is 29.3 Å². The van der Waals surface area contributed by atoms with Crippen molar-refractivity contribution in [1.29, 1.82) is 0 Å². The molecule has 0 atom stereocenters. The molecule has 0 unspecified atom stereocenters. The Morgan fingerprint density at radius 1 is 1.03 bits per heavy atom. The number of amides is 1. The molecule has 3 rings (SSSR count). The van der Waals surface area contributed by atoms with E-state index in [1.165, 1.54) is 21.3 Å². The number of anilines is 1. The van der Waals surface area contributed by atoms with Crippen molar-refractivity contribution >= 4 is 40.2 Å². The van der Waals surface area contributed by atoms with Crippen molar-refractivity contribution in [1.82, 2.24) is 4.98 Å². The van der Waals surface area contributed by atoms with Gasteiger partial charge in [-0.25, -0.2) is 4.79 Å². The van der Waals surface area contributed by atoms with Gasteiger partial charge in [-0.05, 0) is 12.1 Å². The van der Waals surface area contributed by atoms with Gasteiger partial charge in [0.2, 0.25) is 11.3 Å². The number of rotatable bonds is 7. The minimum absolute atomic E-state index is 0.0438. The van der Waals surface area contributed by atoms with Gasteiger partial charge < -0.3 is 24.5 Å². The zero-order chi connectivity index (χ0) is 21.7. The van der Waals surface area contributed by atoms with Crippen LogP contribution in [0, 0.1) is 0 Å². The van der Waals surface area contributed by atoms with Gasteiger partial charge in [0.15, 0.2) is 0 Å². The minimum Gasteiger partial charge on any atom is -0.497 e. The Balaban J connectivity index is 1.84. The highest BCUT2D eigenvalue weighted by Crippen LogP contribution is 2.27. The lowest BCUT2D eigenvalue weighted by Crippen LogP contribution is -2.20. The van der Waals surface area contributed by atoms with E-state index in [0.717, 1.165) is 11.8 Å². The molecule has 0 saturated heterocycles. The number of methoxy groups -OCH3 is 3. The Hall–Kier alpha value is -3.46. The van der Waals surface area contributed by atoms with Crippen molar-refractivity contribution in [2.75, 3.05) is 32.4 Å². The number of hydrogen-bond acceptors (Lipinski definition) is 7. The number of H-pyrrole nitrogens is 1. The van der Waals surface area contributed by atoms with E-state index in [0.29, 0.717) is 28.1 Å². The number of para-hydroxylation sites is 1. The second-order valence-electron chi connectivity index (χ2n) is 6.13. The van der Waals surface area contributed by atoms with E-state index in [1.54, 1.807) is 42.5 Å². The average molecular weight is 428 g/mol. The van der Waals surface area contributed by atoms with Crippen LogP contribution in [0.25, 0.3) is 10.9 Å². The Bertz CT molecular complexity index is 1140. The first-order valence-corrected chi connectivity index (χ1v) is 9.84. The van der Waals surface area contributed by atoms with Crippen LogP contribution in [-0.4, -0.2) is 43.9 Å². The summed E-state index contributed by atoms with van der Waals surface area (Å²) in [5.41, 5.74) is 0.487. The molecule has 156 valence electrons. The summed E-state index contributed by atoms with van der Waals surface area (Å²) in [6, 6.07) is 11.8. The van der Waals surface area contributed by atoms with Crippen LogP contribution in [0.5, 0.6) is 11.5 Å². The molecule has 2 aromatic carbocycles. The maximum atomic E-state index is 12.8. The molecule has 1 amide bonds. The van der Waals surface area contributed by atoms with E-state index < -0.39 is 11.4 Å². The number of thioether (sulfide) groups is 1. The molecular formula is C21H20N2O6S. The monoisotopic (exact) mass is 428 g/mol. The normalized spacial score (nSPS) is 10.5. The number of hydrogen-bond donors (Lipinski definition) is 2. The third-order valence-electron chi connectivity index (χ3n) is 4.25. The van der Waals surface area contributed by atoms with Crippen LogP contribution in [0.2, 0.25) is 0 Å². The number of fused-ring (bicyclic) bond motifs is 1. The predicted molar refractivity (Wildman–Crippen MR) is 115 cm³/mol. The van der Waals surface area contributed by atoms with Crippen molar-refractivity contribution in [2.24, 2.45) is 0 Å². The Morgan fingerprint density at radius 2 is 1.70 bits per heavy atom. The molecule has 0 aliphatic heterocycles. The van der Waals surface area contributed by atoms with Gasteiger partial charge in [0.05, 0.1) is 37.6 Å². The molecule has 3 aromatic rings. The largest absolute Gasteiger partial charge is 0.497 e. The number of esters is 1. The van der Waals surface area contributed by atoms with E-state index in [1.807, 2.05) is 0 Å². The number of carbonyl (C=O) groups excluding carboxylic acids is 2. The van der Waals surface area contributed by atoms with Crippen molar-refractivity contribution in [3.63, 3.8) is 0 Å². The lowest BCUT2D eigenvalue weighted by molar-refractivity contribution is -0.113. The van der Waals surface area contributed by atoms with Gasteiger partial charge in [-0.2, -0.15) is 0 Å². The molecule has 2 N–H and O–H groups in total. The number of carbonyl (C=O) groups is 2. The third kappa shape index (κ3) is 4.57. The minimum atomic E-state index is -0.762. The first kappa shape index (κ1) is 21.3. The SMILES string of the molecule is COC(=O)c1c(SCC(=O)Nc2cc(OC)cc(OC)c2)[nH]c2ccccc2c1=O. The van der Waals surface area contributed by atoms with Crippen LogP contribution in [0.1, 0.15) is 10.4 Å². The molecular weight excluding hydrogens is 408 g/mol. The zero-order valence-corrected chi connectivity index (χ0v) is 17.4. The molecule has 0 saturated carbocycles. The maximum Gasteiger partial charge on any atom is 0.344 e. The summed E-state index contributed by atoms with van der Waals surface area (Å²) in [6.07, 6.45) is 0. The van der Waals surface area contributed by atoms with Gasteiger partial charge in [-0.3, -0.25) is 9.59 Å². The third-order valence-corrected chi connectivity index (χ3v) is 5.25. The molecule has 9 heteroatoms. The first-order valence-electron chi connectivity index (χ1n) is 8.86. The molecule has 0 spiro atoms. The zero-order valence-electron chi connectivity index (χ0n) is 16.6. The van der Waals surface area contributed by atoms with Crippen molar-refractivity contribution in [2.45, 2.75) is 5.03 Å². The first-order chi connectivity index (χ1) is 14.5. The molecule has 8 nitrogen and oxygen atoms in total. The summed E-state index contributed by atoms with van der Waals surface area (Å²) in [4.78, 5) is 40.5. The number of ether oxygens (including phenoxy) is 3. The average Bonchev–Trinajstić information content (AvgIpc) is 2.77. The number of aromatic nitrogens is 1. The summed E-state index contributed by atoms with van der Waals surface area (Å²) in [7, 11) is 4.23. The van der Waals surface area contributed by atoms with Crippen molar-refractivity contribution in [3.8, 4) is 11.5 Å². The van der Waals surface area contributed by atoms with Crippen molar-refractivity contribution in [3.05, 3.63) is 58.3 Å². The number of nitrogens with one attached hydrogen (secondary N) is 2. The Kier molecular flexibility index (Phi) is 6.63. The summed E-state index contributed by atoms with van der Waals surface area (Å²) in [5, 5.41) is 3.39. The Labute approximate surface area is 176 Å². The summed E-state index contributed by atoms with van der Waals surface area (Å²) < 4.78 is 15.1. The molecule has 1 aromatic heterocycles. The maximum absolute atomic E-state index is 12.8. The van der Waals surface area contributed by atoms with E-state index in [2.05, 4.69) is 10.3 Å². The summed E-state index contributed by atoms with van der Waals surface area (Å²) >= 11 is 1.04. The van der Waals surface area contributed by atoms with Crippen LogP contribution in [0.3, 0.4) is 0 Å². The number of aromatic amines is 1. The van der Waals surface area contributed by atoms with E-state index in [-0.39, 0.29) is 22.2 Å². The fourth-order valence-corrected chi connectivity index (χ4v) is 3.67. The molecule has 0 radical (unpaired) electrons. The second-order valence-corrected chi connectivity index (χ2v) is 7.12. The van der Waals surface area contributed by atoms with Gasteiger partial charge in [-0.15, -0.1) is 0 Å².